The molecule has 0 bridgehead atoms. The number of unbranched alkanes of at least 4 members (excludes halogenated alkanes) is 3. The van der Waals surface area contributed by atoms with E-state index in [4.69, 9.17) is 6.42 Å². The van der Waals surface area contributed by atoms with Gasteiger partial charge >= 0.3 is 0 Å². The lowest BCUT2D eigenvalue weighted by atomic mass is 10.0. The van der Waals surface area contributed by atoms with Gasteiger partial charge < -0.3 is 5.32 Å². The van der Waals surface area contributed by atoms with E-state index in [9.17, 15) is 4.79 Å². The first kappa shape index (κ1) is 17.0. The third-order valence-electron chi connectivity index (χ3n) is 4.09. The molecular weight excluding hydrogens is 248 g/mol. The first-order valence-electron chi connectivity index (χ1n) is 8.17. The van der Waals surface area contributed by atoms with Crippen LogP contribution in [0, 0.1) is 12.3 Å². The predicted octanol–water partition coefficient (Wildman–Crippen LogP) is 2.95. The van der Waals surface area contributed by atoms with Crippen LogP contribution in [-0.2, 0) is 4.79 Å². The Bertz CT molecular complexity index is 321. The number of likely N-dealkylation sites (tertiary alicyclic amines) is 1. The van der Waals surface area contributed by atoms with Gasteiger partial charge in [-0.1, -0.05) is 44.9 Å². The number of hydrogen-bond acceptors (Lipinski definition) is 2. The summed E-state index contributed by atoms with van der Waals surface area (Å²) in [4.78, 5) is 14.5. The minimum atomic E-state index is -0.0158. The average Bonchev–Trinajstić information content (AvgIpc) is 2.44. The minimum Gasteiger partial charge on any atom is -0.352 e. The standard InChI is InChI=1S/C17H30N2O/c1-4-6-7-8-11-15(3)18-17(20)16-12-9-10-14-19(16)13-5-2/h2,15-16H,4,6-14H2,1,3H3,(H,18,20). The van der Waals surface area contributed by atoms with E-state index in [1.807, 2.05) is 0 Å². The molecule has 1 fully saturated rings. The van der Waals surface area contributed by atoms with Crippen LogP contribution in [0.1, 0.15) is 65.2 Å². The topological polar surface area (TPSA) is 32.3 Å². The molecule has 2 unspecified atom stereocenters. The van der Waals surface area contributed by atoms with Gasteiger partial charge in [0, 0.05) is 6.04 Å². The molecule has 1 heterocycles. The maximum Gasteiger partial charge on any atom is 0.237 e. The fraction of sp³-hybridized carbons (Fsp3) is 0.824. The molecule has 1 saturated heterocycles. The Morgan fingerprint density at radius 2 is 2.20 bits per heavy atom. The molecule has 1 rings (SSSR count). The maximum atomic E-state index is 12.4. The van der Waals surface area contributed by atoms with Crippen LogP contribution in [0.15, 0.2) is 0 Å². The Labute approximate surface area is 124 Å². The lowest BCUT2D eigenvalue weighted by molar-refractivity contribution is -0.128. The van der Waals surface area contributed by atoms with Crippen molar-refractivity contribution in [2.24, 2.45) is 0 Å². The minimum absolute atomic E-state index is 0.0158. The molecule has 0 spiro atoms. The number of carbonyl (C=O) groups excluding carboxylic acids is 1. The number of nitrogens with zero attached hydrogens (tertiary/aromatic N) is 1. The molecule has 0 aromatic carbocycles. The van der Waals surface area contributed by atoms with Crippen molar-refractivity contribution in [2.75, 3.05) is 13.1 Å². The lowest BCUT2D eigenvalue weighted by Gasteiger charge is -2.33. The largest absolute Gasteiger partial charge is 0.352 e. The van der Waals surface area contributed by atoms with E-state index >= 15 is 0 Å². The summed E-state index contributed by atoms with van der Waals surface area (Å²) in [5, 5.41) is 3.17. The Hall–Kier alpha value is -1.01. The zero-order valence-electron chi connectivity index (χ0n) is 13.2. The van der Waals surface area contributed by atoms with Gasteiger partial charge in [0.2, 0.25) is 5.91 Å². The third-order valence-corrected chi connectivity index (χ3v) is 4.09. The van der Waals surface area contributed by atoms with Gasteiger partial charge in [-0.3, -0.25) is 9.69 Å². The van der Waals surface area contributed by atoms with Crippen molar-refractivity contribution in [2.45, 2.75) is 77.3 Å². The molecule has 1 amide bonds. The highest BCUT2D eigenvalue weighted by Gasteiger charge is 2.28. The highest BCUT2D eigenvalue weighted by molar-refractivity contribution is 5.82. The molecule has 2 atom stereocenters. The summed E-state index contributed by atoms with van der Waals surface area (Å²) in [7, 11) is 0. The van der Waals surface area contributed by atoms with E-state index in [1.54, 1.807) is 0 Å². The highest BCUT2D eigenvalue weighted by atomic mass is 16.2. The number of rotatable bonds is 8. The van der Waals surface area contributed by atoms with E-state index in [0.717, 1.165) is 32.2 Å². The van der Waals surface area contributed by atoms with Gasteiger partial charge in [-0.2, -0.15) is 0 Å². The van der Waals surface area contributed by atoms with Crippen LogP contribution in [0.2, 0.25) is 0 Å². The number of piperidine rings is 1. The van der Waals surface area contributed by atoms with Gasteiger partial charge in [0.25, 0.3) is 0 Å². The normalized spacial score (nSPS) is 21.1. The first-order chi connectivity index (χ1) is 9.69. The molecule has 114 valence electrons. The van der Waals surface area contributed by atoms with Crippen molar-refractivity contribution >= 4 is 5.91 Å². The summed E-state index contributed by atoms with van der Waals surface area (Å²) in [6.07, 6.45) is 14.7. The molecular formula is C17H30N2O. The second kappa shape index (κ2) is 9.83. The van der Waals surface area contributed by atoms with Crippen LogP contribution in [0.5, 0.6) is 0 Å². The maximum absolute atomic E-state index is 12.4. The second-order valence-corrected chi connectivity index (χ2v) is 5.95. The zero-order valence-corrected chi connectivity index (χ0v) is 13.2. The number of terminal acetylenes is 1. The molecule has 0 saturated carbocycles. The van der Waals surface area contributed by atoms with Gasteiger partial charge in [0.1, 0.15) is 0 Å². The predicted molar refractivity (Wildman–Crippen MR) is 84.4 cm³/mol. The van der Waals surface area contributed by atoms with Crippen molar-refractivity contribution in [3.63, 3.8) is 0 Å². The molecule has 3 nitrogen and oxygen atoms in total. The van der Waals surface area contributed by atoms with Gasteiger partial charge in [-0.05, 0) is 32.7 Å². The van der Waals surface area contributed by atoms with Crippen molar-refractivity contribution in [1.29, 1.82) is 0 Å². The van der Waals surface area contributed by atoms with Crippen LogP contribution in [-0.4, -0.2) is 36.0 Å². The van der Waals surface area contributed by atoms with Gasteiger partial charge in [-0.15, -0.1) is 6.42 Å². The lowest BCUT2D eigenvalue weighted by Crippen LogP contribution is -2.51. The molecule has 1 N–H and O–H groups in total. The van der Waals surface area contributed by atoms with Crippen molar-refractivity contribution in [3.05, 3.63) is 0 Å². The summed E-state index contributed by atoms with van der Waals surface area (Å²) in [5.41, 5.74) is 0. The highest BCUT2D eigenvalue weighted by Crippen LogP contribution is 2.17. The van der Waals surface area contributed by atoms with Gasteiger partial charge in [-0.25, -0.2) is 0 Å². The number of hydrogen-bond donors (Lipinski definition) is 1. The van der Waals surface area contributed by atoms with Gasteiger partial charge in [0.15, 0.2) is 0 Å². The van der Waals surface area contributed by atoms with Crippen LogP contribution >= 0.6 is 0 Å². The molecule has 0 aromatic heterocycles. The number of nitrogens with one attached hydrogen (secondary N) is 1. The van der Waals surface area contributed by atoms with Crippen molar-refractivity contribution in [1.82, 2.24) is 10.2 Å². The molecule has 20 heavy (non-hydrogen) atoms. The number of amides is 1. The second-order valence-electron chi connectivity index (χ2n) is 5.95. The molecule has 1 aliphatic rings. The van der Waals surface area contributed by atoms with Crippen LogP contribution in [0.4, 0.5) is 0 Å². The Morgan fingerprint density at radius 1 is 1.40 bits per heavy atom. The van der Waals surface area contributed by atoms with E-state index in [0.29, 0.717) is 6.54 Å². The monoisotopic (exact) mass is 278 g/mol. The first-order valence-corrected chi connectivity index (χ1v) is 8.17. The number of carbonyl (C=O) groups is 1. The van der Waals surface area contributed by atoms with Crippen molar-refractivity contribution in [3.8, 4) is 12.3 Å². The SMILES string of the molecule is C#CCN1CCCCC1C(=O)NC(C)CCCCCC. The summed E-state index contributed by atoms with van der Waals surface area (Å²) in [6.45, 7) is 5.86. The molecule has 0 aliphatic carbocycles. The third kappa shape index (κ3) is 5.96. The fourth-order valence-electron chi connectivity index (χ4n) is 2.88. The molecule has 1 aliphatic heterocycles. The van der Waals surface area contributed by atoms with E-state index in [1.165, 1.54) is 25.7 Å². The average molecular weight is 278 g/mol. The summed E-state index contributed by atoms with van der Waals surface area (Å²) >= 11 is 0. The summed E-state index contributed by atoms with van der Waals surface area (Å²) < 4.78 is 0. The fourth-order valence-corrected chi connectivity index (χ4v) is 2.88. The van der Waals surface area contributed by atoms with Gasteiger partial charge in [0.05, 0.1) is 12.6 Å². The Balaban J connectivity index is 2.34. The van der Waals surface area contributed by atoms with Crippen molar-refractivity contribution < 1.29 is 4.79 Å². The van der Waals surface area contributed by atoms with E-state index in [2.05, 4.69) is 30.0 Å². The Morgan fingerprint density at radius 3 is 2.90 bits per heavy atom. The smallest absolute Gasteiger partial charge is 0.237 e. The van der Waals surface area contributed by atoms with Crippen LogP contribution in [0.3, 0.4) is 0 Å². The van der Waals surface area contributed by atoms with E-state index < -0.39 is 0 Å². The molecule has 0 radical (unpaired) electrons. The van der Waals surface area contributed by atoms with E-state index in [-0.39, 0.29) is 18.0 Å². The van der Waals surface area contributed by atoms with Crippen LogP contribution in [0.25, 0.3) is 0 Å². The van der Waals surface area contributed by atoms with Crippen LogP contribution < -0.4 is 5.32 Å². The molecule has 3 heteroatoms. The quantitative estimate of drug-likeness (QED) is 0.547. The Kier molecular flexibility index (Phi) is 8.37. The zero-order chi connectivity index (χ0) is 14.8. The summed E-state index contributed by atoms with van der Waals surface area (Å²) in [6, 6.07) is 0.256. The summed E-state index contributed by atoms with van der Waals surface area (Å²) in [5.74, 6) is 2.84. The molecule has 0 aromatic rings.